The molecule has 1 aliphatic carbocycles. The summed E-state index contributed by atoms with van der Waals surface area (Å²) < 4.78 is 0. The molecule has 3 aromatic rings. The van der Waals surface area contributed by atoms with Crippen molar-refractivity contribution in [2.45, 2.75) is 18.3 Å². The molecule has 1 saturated carbocycles. The van der Waals surface area contributed by atoms with Crippen molar-refractivity contribution in [1.82, 2.24) is 9.97 Å². The number of anilines is 1. The number of hydrogen-bond donors (Lipinski definition) is 2. The first-order chi connectivity index (χ1) is 10.8. The van der Waals surface area contributed by atoms with Gasteiger partial charge in [0.15, 0.2) is 0 Å². The third-order valence-electron chi connectivity index (χ3n) is 4.44. The number of imidazole rings is 1. The molecule has 0 saturated heterocycles. The van der Waals surface area contributed by atoms with Crippen LogP contribution in [-0.4, -0.2) is 16.5 Å². The van der Waals surface area contributed by atoms with Gasteiger partial charge in [0.2, 0.25) is 5.95 Å². The van der Waals surface area contributed by atoms with Crippen molar-refractivity contribution in [2.75, 3.05) is 11.9 Å². The number of benzene rings is 2. The van der Waals surface area contributed by atoms with Gasteiger partial charge < -0.3 is 10.3 Å². The molecule has 1 fully saturated rings. The largest absolute Gasteiger partial charge is 0.355 e. The Hall–Kier alpha value is -2.80. The molecule has 2 aromatic carbocycles. The summed E-state index contributed by atoms with van der Waals surface area (Å²) in [4.78, 5) is 7.79. The van der Waals surface area contributed by atoms with Crippen molar-refractivity contribution in [3.05, 3.63) is 59.7 Å². The summed E-state index contributed by atoms with van der Waals surface area (Å²) in [6.07, 6.45) is 2.42. The Bertz CT molecular complexity index is 854. The van der Waals surface area contributed by atoms with Gasteiger partial charge in [0.25, 0.3) is 0 Å². The highest BCUT2D eigenvalue weighted by molar-refractivity contribution is 5.79. The maximum Gasteiger partial charge on any atom is 0.201 e. The Morgan fingerprint density at radius 3 is 2.73 bits per heavy atom. The molecular formula is C18H16N4. The molecule has 1 heterocycles. The Labute approximate surface area is 128 Å². The average Bonchev–Trinajstić information content (AvgIpc) is 3.26. The average molecular weight is 288 g/mol. The molecule has 1 aromatic heterocycles. The fraction of sp³-hybridized carbons (Fsp3) is 0.222. The van der Waals surface area contributed by atoms with Crippen LogP contribution in [0.4, 0.5) is 5.95 Å². The van der Waals surface area contributed by atoms with Crippen LogP contribution in [0.15, 0.2) is 48.5 Å². The number of nitrogens with one attached hydrogen (secondary N) is 2. The van der Waals surface area contributed by atoms with Gasteiger partial charge in [-0.25, -0.2) is 4.98 Å². The van der Waals surface area contributed by atoms with Crippen molar-refractivity contribution in [3.63, 3.8) is 0 Å². The molecule has 0 amide bonds. The predicted octanol–water partition coefficient (Wildman–Crippen LogP) is 3.58. The van der Waals surface area contributed by atoms with Crippen LogP contribution >= 0.6 is 0 Å². The Morgan fingerprint density at radius 2 is 2.00 bits per heavy atom. The Morgan fingerprint density at radius 1 is 1.18 bits per heavy atom. The smallest absolute Gasteiger partial charge is 0.201 e. The molecule has 0 aliphatic heterocycles. The van der Waals surface area contributed by atoms with Crippen LogP contribution in [0.3, 0.4) is 0 Å². The number of nitriles is 1. The normalized spacial score (nSPS) is 15.4. The molecule has 0 atom stereocenters. The van der Waals surface area contributed by atoms with Gasteiger partial charge in [0.1, 0.15) is 0 Å². The van der Waals surface area contributed by atoms with E-state index in [1.165, 1.54) is 18.4 Å². The van der Waals surface area contributed by atoms with Gasteiger partial charge in [-0.3, -0.25) is 0 Å². The molecule has 2 N–H and O–H groups in total. The number of aromatic amines is 1. The fourth-order valence-corrected chi connectivity index (χ4v) is 2.93. The Kier molecular flexibility index (Phi) is 2.87. The summed E-state index contributed by atoms with van der Waals surface area (Å²) >= 11 is 0. The van der Waals surface area contributed by atoms with E-state index in [0.29, 0.717) is 5.56 Å². The van der Waals surface area contributed by atoms with Gasteiger partial charge in [0, 0.05) is 12.0 Å². The molecule has 4 rings (SSSR count). The highest BCUT2D eigenvalue weighted by Gasteiger charge is 2.43. The van der Waals surface area contributed by atoms with E-state index >= 15 is 0 Å². The predicted molar refractivity (Wildman–Crippen MR) is 86.7 cm³/mol. The number of rotatable bonds is 4. The van der Waals surface area contributed by atoms with Crippen LogP contribution < -0.4 is 5.32 Å². The number of fused-ring (bicyclic) bond motifs is 1. The summed E-state index contributed by atoms with van der Waals surface area (Å²) in [5, 5.41) is 12.4. The Balaban J connectivity index is 1.54. The van der Waals surface area contributed by atoms with Crippen LogP contribution in [0.25, 0.3) is 11.0 Å². The highest BCUT2D eigenvalue weighted by Crippen LogP contribution is 2.47. The first-order valence-electron chi connectivity index (χ1n) is 7.48. The molecule has 108 valence electrons. The van der Waals surface area contributed by atoms with E-state index in [2.05, 4.69) is 51.7 Å². The maximum atomic E-state index is 8.95. The quantitative estimate of drug-likeness (QED) is 0.771. The molecule has 22 heavy (non-hydrogen) atoms. The van der Waals surface area contributed by atoms with Crippen LogP contribution in [0.2, 0.25) is 0 Å². The van der Waals surface area contributed by atoms with Crippen molar-refractivity contribution >= 4 is 17.0 Å². The molecule has 0 bridgehead atoms. The number of H-pyrrole nitrogens is 1. The monoisotopic (exact) mass is 288 g/mol. The van der Waals surface area contributed by atoms with E-state index in [1.807, 2.05) is 12.1 Å². The molecule has 4 nitrogen and oxygen atoms in total. The molecule has 0 spiro atoms. The van der Waals surface area contributed by atoms with Gasteiger partial charge in [-0.2, -0.15) is 5.26 Å². The van der Waals surface area contributed by atoms with E-state index < -0.39 is 0 Å². The first-order valence-corrected chi connectivity index (χ1v) is 7.48. The van der Waals surface area contributed by atoms with Crippen molar-refractivity contribution in [3.8, 4) is 6.07 Å². The van der Waals surface area contributed by atoms with Gasteiger partial charge >= 0.3 is 0 Å². The molecule has 0 unspecified atom stereocenters. The first kappa shape index (κ1) is 12.9. The lowest BCUT2D eigenvalue weighted by molar-refractivity contribution is 0.728. The highest BCUT2D eigenvalue weighted by atomic mass is 15.1. The SMILES string of the molecule is N#Cc1ccc2nc(NCC3(c4ccccc4)CC3)[nH]c2c1. The van der Waals surface area contributed by atoms with Crippen molar-refractivity contribution in [1.29, 1.82) is 5.26 Å². The topological polar surface area (TPSA) is 64.5 Å². The van der Waals surface area contributed by atoms with E-state index in [-0.39, 0.29) is 5.41 Å². The number of nitrogens with zero attached hydrogens (tertiary/aromatic N) is 2. The standard InChI is InChI=1S/C18H16N4/c19-11-13-6-7-15-16(10-13)22-17(21-15)20-12-18(8-9-18)14-4-2-1-3-5-14/h1-7,10H,8-9,12H2,(H2,20,21,22). The zero-order valence-electron chi connectivity index (χ0n) is 12.1. The second kappa shape index (κ2) is 4.88. The van der Waals surface area contributed by atoms with Gasteiger partial charge in [-0.1, -0.05) is 30.3 Å². The molecule has 4 heteroatoms. The third-order valence-corrected chi connectivity index (χ3v) is 4.44. The van der Waals surface area contributed by atoms with Gasteiger partial charge in [-0.15, -0.1) is 0 Å². The summed E-state index contributed by atoms with van der Waals surface area (Å²) in [7, 11) is 0. The fourth-order valence-electron chi connectivity index (χ4n) is 2.93. The van der Waals surface area contributed by atoms with E-state index in [1.54, 1.807) is 6.07 Å². The minimum absolute atomic E-state index is 0.248. The number of hydrogen-bond acceptors (Lipinski definition) is 3. The number of aromatic nitrogens is 2. The zero-order valence-corrected chi connectivity index (χ0v) is 12.1. The van der Waals surface area contributed by atoms with Crippen LogP contribution in [-0.2, 0) is 5.41 Å². The summed E-state index contributed by atoms with van der Waals surface area (Å²) in [6.45, 7) is 0.877. The lowest BCUT2D eigenvalue weighted by Gasteiger charge is -2.16. The molecular weight excluding hydrogens is 272 g/mol. The molecule has 1 aliphatic rings. The summed E-state index contributed by atoms with van der Waals surface area (Å²) in [5.41, 5.74) is 4.06. The summed E-state index contributed by atoms with van der Waals surface area (Å²) in [5.74, 6) is 0.771. The van der Waals surface area contributed by atoms with E-state index in [9.17, 15) is 0 Å². The van der Waals surface area contributed by atoms with Crippen LogP contribution in [0.5, 0.6) is 0 Å². The summed E-state index contributed by atoms with van der Waals surface area (Å²) in [6, 6.07) is 18.3. The second-order valence-electron chi connectivity index (χ2n) is 5.93. The van der Waals surface area contributed by atoms with E-state index in [0.717, 1.165) is 23.5 Å². The third kappa shape index (κ3) is 2.21. The van der Waals surface area contributed by atoms with Crippen molar-refractivity contribution < 1.29 is 0 Å². The van der Waals surface area contributed by atoms with E-state index in [4.69, 9.17) is 5.26 Å². The van der Waals surface area contributed by atoms with Crippen LogP contribution in [0, 0.1) is 11.3 Å². The second-order valence-corrected chi connectivity index (χ2v) is 5.93. The maximum absolute atomic E-state index is 8.95. The van der Waals surface area contributed by atoms with Crippen LogP contribution in [0.1, 0.15) is 24.0 Å². The minimum atomic E-state index is 0.248. The lowest BCUT2D eigenvalue weighted by atomic mass is 9.96. The van der Waals surface area contributed by atoms with Gasteiger partial charge in [0.05, 0.1) is 22.7 Å². The zero-order chi connectivity index (χ0) is 15.0. The minimum Gasteiger partial charge on any atom is -0.355 e. The molecule has 0 radical (unpaired) electrons. The lowest BCUT2D eigenvalue weighted by Crippen LogP contribution is -2.20. The van der Waals surface area contributed by atoms with Crippen molar-refractivity contribution in [2.24, 2.45) is 0 Å². The van der Waals surface area contributed by atoms with Gasteiger partial charge in [-0.05, 0) is 36.6 Å².